The van der Waals surface area contributed by atoms with Gasteiger partial charge in [0.25, 0.3) is 0 Å². The summed E-state index contributed by atoms with van der Waals surface area (Å²) in [4.78, 5) is 108. The second-order valence-electron chi connectivity index (χ2n) is 22.4. The van der Waals surface area contributed by atoms with Crippen LogP contribution < -0.4 is 21.3 Å². The van der Waals surface area contributed by atoms with E-state index in [1.165, 1.54) is 0 Å². The number of nitrogens with zero attached hydrogens (tertiary/aromatic N) is 6. The molecule has 5 aromatic rings. The zero-order chi connectivity index (χ0) is 57.9. The molecule has 9 rings (SSSR count). The summed E-state index contributed by atoms with van der Waals surface area (Å²) < 4.78 is 5.99. The molecule has 6 amide bonds. The van der Waals surface area contributed by atoms with Crippen molar-refractivity contribution in [3.05, 3.63) is 115 Å². The quantitative estimate of drug-likeness (QED) is 0.0305. The number of hydrogen-bond donors (Lipinski definition) is 6. The third kappa shape index (κ3) is 13.5. The molecule has 6 heterocycles. The van der Waals surface area contributed by atoms with Gasteiger partial charge in [-0.1, -0.05) is 85.5 Å². The highest BCUT2D eigenvalue weighted by Gasteiger charge is 2.46. The Morgan fingerprint density at radius 3 is 1.70 bits per heavy atom. The molecule has 3 aromatic carbocycles. The van der Waals surface area contributed by atoms with E-state index < -0.39 is 24.2 Å². The van der Waals surface area contributed by atoms with Gasteiger partial charge in [0.05, 0.1) is 46.2 Å². The lowest BCUT2D eigenvalue weighted by Gasteiger charge is -2.39. The van der Waals surface area contributed by atoms with Crippen LogP contribution in [0.4, 0.5) is 0 Å². The van der Waals surface area contributed by atoms with Gasteiger partial charge in [0.1, 0.15) is 23.7 Å². The number of fused-ring (bicyclic) bond motifs is 4. The molecule has 0 radical (unpaired) electrons. The van der Waals surface area contributed by atoms with E-state index in [1.807, 2.05) is 77.4 Å². The number of amides is 6. The molecular formula is C63H82N12O7. The zero-order valence-electron chi connectivity index (χ0n) is 48.3. The average molecular weight is 1120 g/mol. The molecule has 4 fully saturated rings. The number of ether oxygens (including phenoxy) is 1. The Hall–Kier alpha value is -7.48. The van der Waals surface area contributed by atoms with Gasteiger partial charge in [-0.05, 0) is 122 Å². The summed E-state index contributed by atoms with van der Waals surface area (Å²) >= 11 is 0. The largest absolute Gasteiger partial charge is 0.381 e. The highest BCUT2D eigenvalue weighted by atomic mass is 16.5. The van der Waals surface area contributed by atoms with Crippen molar-refractivity contribution in [2.24, 2.45) is 0 Å². The van der Waals surface area contributed by atoms with Gasteiger partial charge < -0.3 is 55.6 Å². The summed E-state index contributed by atoms with van der Waals surface area (Å²) in [6, 6.07) is 18.3. The van der Waals surface area contributed by atoms with Crippen molar-refractivity contribution in [1.82, 2.24) is 60.8 Å². The number of H-pyrrole nitrogens is 2. The van der Waals surface area contributed by atoms with E-state index in [9.17, 15) is 28.8 Å². The number of rotatable bonds is 22. The highest BCUT2D eigenvalue weighted by molar-refractivity contribution is 5.94. The molecule has 0 bridgehead atoms. The molecule has 4 aliphatic rings. The van der Waals surface area contributed by atoms with Crippen LogP contribution in [0, 0.1) is 0 Å². The van der Waals surface area contributed by atoms with Crippen molar-refractivity contribution in [3.8, 4) is 11.1 Å². The molecule has 82 heavy (non-hydrogen) atoms. The number of carbonyl (C=O) groups excluding carboxylic acids is 6. The first kappa shape index (κ1) is 59.2. The maximum atomic E-state index is 14.7. The summed E-state index contributed by atoms with van der Waals surface area (Å²) in [5.41, 5.74) is 7.61. The van der Waals surface area contributed by atoms with Crippen LogP contribution >= 0.6 is 0 Å². The molecule has 436 valence electrons. The molecular weight excluding hydrogens is 1040 g/mol. The van der Waals surface area contributed by atoms with Crippen LogP contribution in [0.5, 0.6) is 0 Å². The Balaban J connectivity index is 0.750. The van der Waals surface area contributed by atoms with Crippen LogP contribution in [-0.2, 0) is 33.5 Å². The molecule has 0 spiro atoms. The molecule has 0 unspecified atom stereocenters. The van der Waals surface area contributed by atoms with E-state index in [4.69, 9.17) is 14.7 Å². The van der Waals surface area contributed by atoms with Gasteiger partial charge in [-0.15, -0.1) is 0 Å². The number of likely N-dealkylation sites (N-methyl/N-ethyl adjacent to an activating group) is 2. The Bertz CT molecular complexity index is 3150. The van der Waals surface area contributed by atoms with Crippen molar-refractivity contribution in [2.45, 2.75) is 146 Å². The van der Waals surface area contributed by atoms with Gasteiger partial charge in [-0.25, -0.2) is 9.97 Å². The Kier molecular flexibility index (Phi) is 19.9. The first-order chi connectivity index (χ1) is 39.8. The molecule has 8 atom stereocenters. The van der Waals surface area contributed by atoms with E-state index in [0.29, 0.717) is 89.3 Å². The summed E-state index contributed by atoms with van der Waals surface area (Å²) in [5, 5.41) is 11.9. The predicted octanol–water partition coefficient (Wildman–Crippen LogP) is 7.02. The van der Waals surface area contributed by atoms with E-state index in [0.717, 1.165) is 57.2 Å². The molecule has 0 saturated carbocycles. The third-order valence-electron chi connectivity index (χ3n) is 17.0. The van der Waals surface area contributed by atoms with Crippen molar-refractivity contribution in [1.29, 1.82) is 0 Å². The maximum absolute atomic E-state index is 14.7. The van der Waals surface area contributed by atoms with Gasteiger partial charge in [0.2, 0.25) is 35.4 Å². The van der Waals surface area contributed by atoms with E-state index in [1.54, 1.807) is 43.8 Å². The van der Waals surface area contributed by atoms with Crippen molar-refractivity contribution in [3.63, 3.8) is 0 Å². The van der Waals surface area contributed by atoms with E-state index in [-0.39, 0.29) is 85.5 Å². The second-order valence-corrected chi connectivity index (χ2v) is 22.4. The Morgan fingerprint density at radius 1 is 0.659 bits per heavy atom. The number of unbranched alkanes of at least 4 members (excludes halogenated alkanes) is 2. The first-order valence-electron chi connectivity index (χ1n) is 29.5. The number of nitrogens with one attached hydrogen (secondary N) is 6. The van der Waals surface area contributed by atoms with Crippen LogP contribution in [0.15, 0.2) is 97.6 Å². The van der Waals surface area contributed by atoms with Crippen molar-refractivity contribution >= 4 is 63.1 Å². The number of aromatic amines is 2. The Labute approximate surface area is 481 Å². The van der Waals surface area contributed by atoms with Crippen molar-refractivity contribution in [2.75, 3.05) is 53.5 Å². The minimum atomic E-state index is -0.941. The highest BCUT2D eigenvalue weighted by Crippen LogP contribution is 2.41. The lowest BCUT2D eigenvalue weighted by Crippen LogP contribution is -2.60. The van der Waals surface area contributed by atoms with Crippen LogP contribution in [-0.4, -0.2) is 165 Å². The summed E-state index contributed by atoms with van der Waals surface area (Å²) in [7, 11) is 3.39. The SMILES string of the molecule is C=C/C=C\C=C(/C)c1cccc2nc([C@@H]3CC[C@@H]4CCN(C(=O)CCCCOCCCCC(=O)N5CC[C@H]6CC[C@@H](c7nc8cccc(-c9ccccc9)c8[nH]7)N6C(=O)[C@@H](NC(=O)[C@H](C)NC)C5)C[C@H](NC(=O)[C@H](C)NC)C(=O)N43)[nH]c12. The fraction of sp³-hybridized carbons (Fsp3) is 0.492. The average Bonchev–Trinajstić information content (AvgIpc) is 4.50. The fourth-order valence-electron chi connectivity index (χ4n) is 12.2. The zero-order valence-corrected chi connectivity index (χ0v) is 48.3. The monoisotopic (exact) mass is 1120 g/mol. The number of aromatic nitrogens is 4. The van der Waals surface area contributed by atoms with Crippen molar-refractivity contribution < 1.29 is 33.5 Å². The summed E-state index contributed by atoms with van der Waals surface area (Å²) in [6.07, 6.45) is 14.7. The Morgan fingerprint density at radius 2 is 1.17 bits per heavy atom. The molecule has 2 aromatic heterocycles. The van der Waals surface area contributed by atoms with E-state index >= 15 is 0 Å². The molecule has 4 saturated heterocycles. The maximum Gasteiger partial charge on any atom is 0.247 e. The number of para-hydroxylation sites is 2. The third-order valence-corrected chi connectivity index (χ3v) is 17.0. The van der Waals surface area contributed by atoms with Gasteiger partial charge in [-0.2, -0.15) is 0 Å². The van der Waals surface area contributed by atoms with Gasteiger partial charge in [0, 0.05) is 75.4 Å². The first-order valence-corrected chi connectivity index (χ1v) is 29.5. The number of carbonyl (C=O) groups is 6. The van der Waals surface area contributed by atoms with Crippen LogP contribution in [0.1, 0.15) is 127 Å². The van der Waals surface area contributed by atoms with Crippen LogP contribution in [0.3, 0.4) is 0 Å². The molecule has 0 aliphatic carbocycles. The van der Waals surface area contributed by atoms with Gasteiger partial charge in [0.15, 0.2) is 0 Å². The minimum Gasteiger partial charge on any atom is -0.381 e. The summed E-state index contributed by atoms with van der Waals surface area (Å²) in [5.74, 6) is 0.211. The topological polar surface area (TPSA) is 230 Å². The van der Waals surface area contributed by atoms with Crippen LogP contribution in [0.2, 0.25) is 0 Å². The lowest BCUT2D eigenvalue weighted by molar-refractivity contribution is -0.144. The minimum absolute atomic E-state index is 0.0651. The lowest BCUT2D eigenvalue weighted by atomic mass is 10.0. The number of allylic oxidation sites excluding steroid dienone is 5. The van der Waals surface area contributed by atoms with Crippen LogP contribution in [0.25, 0.3) is 38.8 Å². The smallest absolute Gasteiger partial charge is 0.247 e. The number of benzene rings is 3. The normalized spacial score (nSPS) is 22.4. The number of hydrogen-bond acceptors (Lipinski definition) is 11. The molecule has 19 heteroatoms. The standard InChI is InChI=1S/C63H82N12O7/c1-7-8-10-19-40(2)46-22-17-24-48-56(46)70-58(66-48)52-30-28-44-32-34-72(38-50(62(80)74(44)52)68-60(78)41(3)64-5)54(76)26-13-15-36-82-37-16-14-27-55(77)73-35-33-45-29-31-53(75(45)63(81)51(39-73)69-61(79)42(4)65-6)59-67-49-25-18-23-47(57(49)71-59)43-20-11-9-12-21-43/h7-12,17-25,41-42,44-45,50-53,64-65H,1,13-16,26-39H2,2-6H3,(H,66,70)(H,67,71)(H,68,78)(H,69,79)/b10-8-,40-19+/t41-,42-,44+,45+,50-,51-,52-,53-/m0/s1. The second kappa shape index (κ2) is 27.5. The summed E-state index contributed by atoms with van der Waals surface area (Å²) in [6.45, 7) is 11.2. The van der Waals surface area contributed by atoms with Gasteiger partial charge in [-0.3, -0.25) is 28.8 Å². The fourth-order valence-corrected chi connectivity index (χ4v) is 12.2. The van der Waals surface area contributed by atoms with Gasteiger partial charge >= 0.3 is 0 Å². The molecule has 19 nitrogen and oxygen atoms in total. The van der Waals surface area contributed by atoms with E-state index in [2.05, 4.69) is 62.1 Å². The molecule has 6 N–H and O–H groups in total. The number of imidazole rings is 2. The predicted molar refractivity (Wildman–Crippen MR) is 318 cm³/mol. The molecule has 4 aliphatic heterocycles.